The van der Waals surface area contributed by atoms with Gasteiger partial charge in [-0.1, -0.05) is 18.2 Å². The van der Waals surface area contributed by atoms with Crippen molar-refractivity contribution >= 4 is 28.9 Å². The zero-order valence-electron chi connectivity index (χ0n) is 14.1. The van der Waals surface area contributed by atoms with Crippen LogP contribution in [0.1, 0.15) is 32.5 Å². The average molecular weight is 403 g/mol. The second kappa shape index (κ2) is 6.79. The van der Waals surface area contributed by atoms with Gasteiger partial charge in [-0.25, -0.2) is 18.0 Å². The molecule has 1 aliphatic heterocycles. The van der Waals surface area contributed by atoms with E-state index >= 15 is 0 Å². The molecule has 142 valence electrons. The molecule has 3 aromatic rings. The number of rotatable bonds is 3. The largest absolute Gasteiger partial charge is 0.477 e. The van der Waals surface area contributed by atoms with Gasteiger partial charge in [0, 0.05) is 28.3 Å². The molecule has 1 atom stereocenters. The number of carboxylic acid groups (broad SMARTS) is 1. The van der Waals surface area contributed by atoms with E-state index in [0.29, 0.717) is 10.4 Å². The van der Waals surface area contributed by atoms with E-state index in [2.05, 4.69) is 5.32 Å². The number of aromatic carboxylic acids is 1. The Morgan fingerprint density at radius 1 is 1.07 bits per heavy atom. The van der Waals surface area contributed by atoms with Crippen LogP contribution in [0.15, 0.2) is 42.5 Å². The maximum Gasteiger partial charge on any atom is 0.346 e. The van der Waals surface area contributed by atoms with Crippen molar-refractivity contribution in [2.24, 2.45) is 0 Å². The summed E-state index contributed by atoms with van der Waals surface area (Å²) in [5.41, 5.74) is 0.494. The number of hydrogen-bond acceptors (Lipinski definition) is 3. The lowest BCUT2D eigenvalue weighted by molar-refractivity contribution is -0.116. The normalized spacial score (nSPS) is 15.8. The Kier molecular flexibility index (Phi) is 4.43. The molecule has 0 spiro atoms. The minimum absolute atomic E-state index is 0.0967. The number of nitrogens with one attached hydrogen (secondary N) is 1. The summed E-state index contributed by atoms with van der Waals surface area (Å²) in [4.78, 5) is 24.4. The van der Waals surface area contributed by atoms with Crippen LogP contribution in [0.4, 0.5) is 18.9 Å². The van der Waals surface area contributed by atoms with Crippen molar-refractivity contribution in [1.82, 2.24) is 0 Å². The van der Waals surface area contributed by atoms with Crippen LogP contribution in [0.25, 0.3) is 11.1 Å². The van der Waals surface area contributed by atoms with Crippen LogP contribution in [0.5, 0.6) is 0 Å². The van der Waals surface area contributed by atoms with Gasteiger partial charge in [0.05, 0.1) is 5.69 Å². The first-order valence-corrected chi connectivity index (χ1v) is 9.08. The summed E-state index contributed by atoms with van der Waals surface area (Å²) in [7, 11) is 0. The van der Waals surface area contributed by atoms with Crippen molar-refractivity contribution in [2.75, 3.05) is 5.32 Å². The molecular formula is C20H12F3NO3S. The molecule has 2 aromatic carbocycles. The molecule has 2 heterocycles. The highest BCUT2D eigenvalue weighted by molar-refractivity contribution is 7.15. The van der Waals surface area contributed by atoms with Gasteiger partial charge in [-0.15, -0.1) is 11.3 Å². The van der Waals surface area contributed by atoms with Gasteiger partial charge in [-0.3, -0.25) is 4.79 Å². The monoisotopic (exact) mass is 403 g/mol. The van der Waals surface area contributed by atoms with Crippen molar-refractivity contribution in [3.8, 4) is 11.1 Å². The Morgan fingerprint density at radius 3 is 2.32 bits per heavy atom. The number of carbonyl (C=O) groups is 2. The van der Waals surface area contributed by atoms with Crippen molar-refractivity contribution < 1.29 is 27.9 Å². The first kappa shape index (κ1) is 18.2. The molecule has 1 amide bonds. The minimum atomic E-state index is -1.25. The van der Waals surface area contributed by atoms with E-state index in [0.717, 1.165) is 23.5 Å². The number of amides is 1. The van der Waals surface area contributed by atoms with Gasteiger partial charge in [-0.2, -0.15) is 0 Å². The lowest BCUT2D eigenvalue weighted by Gasteiger charge is -2.24. The Bertz CT molecular complexity index is 1090. The molecular weight excluding hydrogens is 391 g/mol. The van der Waals surface area contributed by atoms with Crippen LogP contribution < -0.4 is 5.32 Å². The van der Waals surface area contributed by atoms with Crippen molar-refractivity contribution in [2.45, 2.75) is 12.3 Å². The van der Waals surface area contributed by atoms with Gasteiger partial charge in [0.15, 0.2) is 0 Å². The highest BCUT2D eigenvalue weighted by Gasteiger charge is 2.36. The summed E-state index contributed by atoms with van der Waals surface area (Å²) >= 11 is 0.850. The van der Waals surface area contributed by atoms with Crippen LogP contribution in [-0.2, 0) is 4.79 Å². The Labute approximate surface area is 161 Å². The van der Waals surface area contributed by atoms with E-state index in [1.807, 2.05) is 0 Å². The number of halogens is 3. The van der Waals surface area contributed by atoms with Gasteiger partial charge >= 0.3 is 5.97 Å². The molecule has 0 unspecified atom stereocenters. The van der Waals surface area contributed by atoms with Gasteiger partial charge in [0.1, 0.15) is 22.3 Å². The Hall–Kier alpha value is -3.13. The van der Waals surface area contributed by atoms with Crippen LogP contribution >= 0.6 is 11.3 Å². The van der Waals surface area contributed by atoms with Crippen molar-refractivity contribution in [3.63, 3.8) is 0 Å². The van der Waals surface area contributed by atoms with E-state index in [1.165, 1.54) is 30.3 Å². The maximum atomic E-state index is 14.4. The molecule has 28 heavy (non-hydrogen) atoms. The van der Waals surface area contributed by atoms with Crippen LogP contribution in [0.3, 0.4) is 0 Å². The predicted molar refractivity (Wildman–Crippen MR) is 98.1 cm³/mol. The number of hydrogen-bond donors (Lipinski definition) is 2. The van der Waals surface area contributed by atoms with Crippen molar-refractivity contribution in [1.29, 1.82) is 0 Å². The smallest absolute Gasteiger partial charge is 0.346 e. The summed E-state index contributed by atoms with van der Waals surface area (Å²) < 4.78 is 42.0. The van der Waals surface area contributed by atoms with E-state index in [1.54, 1.807) is 0 Å². The number of anilines is 1. The average Bonchev–Trinajstić information content (AvgIpc) is 3.02. The number of benzene rings is 2. The molecule has 0 radical (unpaired) electrons. The summed E-state index contributed by atoms with van der Waals surface area (Å²) in [5.74, 6) is -4.81. The highest BCUT2D eigenvalue weighted by Crippen LogP contribution is 2.50. The van der Waals surface area contributed by atoms with E-state index in [4.69, 9.17) is 0 Å². The van der Waals surface area contributed by atoms with E-state index in [9.17, 15) is 27.9 Å². The van der Waals surface area contributed by atoms with E-state index < -0.39 is 35.2 Å². The molecule has 0 saturated carbocycles. The first-order valence-electron chi connectivity index (χ1n) is 8.26. The molecule has 0 bridgehead atoms. The second-order valence-electron chi connectivity index (χ2n) is 6.30. The summed E-state index contributed by atoms with van der Waals surface area (Å²) in [6.07, 6.45) is -0.215. The lowest BCUT2D eigenvalue weighted by Crippen LogP contribution is -2.23. The highest BCUT2D eigenvalue weighted by atomic mass is 32.1. The molecule has 1 aliphatic rings. The fourth-order valence-corrected chi connectivity index (χ4v) is 4.63. The number of fused-ring (bicyclic) bond motifs is 1. The Balaban J connectivity index is 1.98. The quantitative estimate of drug-likeness (QED) is 0.647. The molecule has 0 aliphatic carbocycles. The van der Waals surface area contributed by atoms with Gasteiger partial charge in [0.2, 0.25) is 5.91 Å². The van der Waals surface area contributed by atoms with Crippen LogP contribution in [0.2, 0.25) is 0 Å². The lowest BCUT2D eigenvalue weighted by atomic mass is 9.88. The number of thiophene rings is 1. The minimum Gasteiger partial charge on any atom is -0.477 e. The zero-order chi connectivity index (χ0) is 20.0. The third-order valence-corrected chi connectivity index (χ3v) is 5.87. The number of carbonyl (C=O) groups excluding carboxylic acids is 1. The third-order valence-electron chi connectivity index (χ3n) is 4.58. The fourth-order valence-electron chi connectivity index (χ4n) is 3.41. The van der Waals surface area contributed by atoms with Crippen LogP contribution in [0, 0.1) is 17.5 Å². The first-order chi connectivity index (χ1) is 13.4. The van der Waals surface area contributed by atoms with Gasteiger partial charge in [-0.05, 0) is 29.8 Å². The van der Waals surface area contributed by atoms with Gasteiger partial charge < -0.3 is 10.4 Å². The summed E-state index contributed by atoms with van der Waals surface area (Å²) in [6.45, 7) is 0. The SMILES string of the molecule is O=C1C[C@H](c2c(F)cccc2F)c2sc(C(=O)O)c(-c3ccc(F)cc3)c2N1. The molecule has 8 heteroatoms. The van der Waals surface area contributed by atoms with Gasteiger partial charge in [0.25, 0.3) is 0 Å². The molecule has 0 fully saturated rings. The molecule has 1 aromatic heterocycles. The third kappa shape index (κ3) is 2.95. The predicted octanol–water partition coefficient (Wildman–Crippen LogP) is 5.00. The van der Waals surface area contributed by atoms with Crippen molar-refractivity contribution in [3.05, 3.63) is 75.2 Å². The summed E-state index contributed by atoms with van der Waals surface area (Å²) in [5, 5.41) is 12.3. The molecule has 4 rings (SSSR count). The van der Waals surface area contributed by atoms with Crippen LogP contribution in [-0.4, -0.2) is 17.0 Å². The van der Waals surface area contributed by atoms with E-state index in [-0.39, 0.29) is 28.1 Å². The molecule has 4 nitrogen and oxygen atoms in total. The summed E-state index contributed by atoms with van der Waals surface area (Å²) in [6, 6.07) is 8.54. The molecule has 2 N–H and O–H groups in total. The number of carboxylic acids is 1. The second-order valence-corrected chi connectivity index (χ2v) is 7.35. The zero-order valence-corrected chi connectivity index (χ0v) is 14.9. The standard InChI is InChI=1S/C20H12F3NO3S/c21-10-6-4-9(5-7-10)15-17-18(28-19(15)20(26)27)11(8-14(25)24-17)16-12(22)2-1-3-13(16)23/h1-7,11H,8H2,(H,24,25)(H,26,27)/t11-/m1/s1. The Morgan fingerprint density at radius 2 is 1.71 bits per heavy atom. The molecule has 0 saturated heterocycles. The topological polar surface area (TPSA) is 66.4 Å². The fraction of sp³-hybridized carbons (Fsp3) is 0.100. The maximum absolute atomic E-state index is 14.4.